The molecule has 3 heteroatoms. The van der Waals surface area contributed by atoms with Crippen molar-refractivity contribution in [3.8, 4) is 67.3 Å². The van der Waals surface area contributed by atoms with E-state index in [1.165, 1.54) is 22.1 Å². The maximum absolute atomic E-state index is 6.54. The van der Waals surface area contributed by atoms with Gasteiger partial charge in [-0.2, -0.15) is 0 Å². The van der Waals surface area contributed by atoms with Gasteiger partial charge < -0.3 is 4.42 Å². The number of hydrogen-bond acceptors (Lipinski definition) is 3. The fourth-order valence-electron chi connectivity index (χ4n) is 7.42. The number of furan rings is 1. The molecule has 0 saturated heterocycles. The largest absolute Gasteiger partial charge is 0.455 e. The average Bonchev–Trinajstić information content (AvgIpc) is 3.62. The lowest BCUT2D eigenvalue weighted by Gasteiger charge is -2.12. The van der Waals surface area contributed by atoms with Gasteiger partial charge in [-0.1, -0.05) is 164 Å². The molecule has 0 spiro atoms. The first-order valence-electron chi connectivity index (χ1n) is 17.9. The highest BCUT2D eigenvalue weighted by Crippen LogP contribution is 2.41. The Morgan fingerprint density at radius 2 is 0.811 bits per heavy atom. The molecule has 0 aliphatic carbocycles. The minimum Gasteiger partial charge on any atom is -0.455 e. The van der Waals surface area contributed by atoms with Crippen LogP contribution in [0, 0.1) is 0 Å². The minimum atomic E-state index is 0.713. The smallest absolute Gasteiger partial charge is 0.160 e. The van der Waals surface area contributed by atoms with E-state index in [0.717, 1.165) is 72.1 Å². The zero-order chi connectivity index (χ0) is 35.1. The van der Waals surface area contributed by atoms with Crippen LogP contribution in [0.2, 0.25) is 0 Å². The Bertz CT molecular complexity index is 2860. The van der Waals surface area contributed by atoms with E-state index in [-0.39, 0.29) is 0 Å². The van der Waals surface area contributed by atoms with Crippen molar-refractivity contribution in [1.82, 2.24) is 9.97 Å². The average molecular weight is 677 g/mol. The molecule has 10 rings (SSSR count). The van der Waals surface area contributed by atoms with Crippen molar-refractivity contribution in [2.45, 2.75) is 0 Å². The van der Waals surface area contributed by atoms with Crippen LogP contribution in [-0.4, -0.2) is 9.97 Å². The van der Waals surface area contributed by atoms with Crippen molar-refractivity contribution in [2.24, 2.45) is 0 Å². The van der Waals surface area contributed by atoms with Crippen LogP contribution in [0.15, 0.2) is 199 Å². The van der Waals surface area contributed by atoms with E-state index in [9.17, 15) is 0 Å². The number of rotatable bonds is 6. The summed E-state index contributed by atoms with van der Waals surface area (Å²) in [4.78, 5) is 9.99. The zero-order valence-corrected chi connectivity index (χ0v) is 28.8. The van der Waals surface area contributed by atoms with Crippen LogP contribution in [-0.2, 0) is 0 Å². The van der Waals surface area contributed by atoms with Crippen molar-refractivity contribution in [3.05, 3.63) is 194 Å². The lowest BCUT2D eigenvalue weighted by Crippen LogP contribution is -1.95. The molecule has 0 bridgehead atoms. The minimum absolute atomic E-state index is 0.713. The van der Waals surface area contributed by atoms with Crippen LogP contribution in [0.4, 0.5) is 0 Å². The van der Waals surface area contributed by atoms with Gasteiger partial charge in [-0.3, -0.25) is 0 Å². The van der Waals surface area contributed by atoms with Crippen molar-refractivity contribution in [1.29, 1.82) is 0 Å². The fraction of sp³-hybridized carbons (Fsp3) is 0. The topological polar surface area (TPSA) is 38.9 Å². The van der Waals surface area contributed by atoms with Gasteiger partial charge >= 0.3 is 0 Å². The van der Waals surface area contributed by atoms with E-state index >= 15 is 0 Å². The quantitative estimate of drug-likeness (QED) is 0.176. The summed E-state index contributed by atoms with van der Waals surface area (Å²) in [5, 5.41) is 4.52. The van der Waals surface area contributed by atoms with Gasteiger partial charge in [0.1, 0.15) is 11.2 Å². The molecular weight excluding hydrogens is 645 g/mol. The van der Waals surface area contributed by atoms with E-state index in [0.29, 0.717) is 5.82 Å². The molecule has 0 aliphatic rings. The lowest BCUT2D eigenvalue weighted by molar-refractivity contribution is 0.673. The highest BCUT2D eigenvalue weighted by atomic mass is 16.3. The number of hydrogen-bond donors (Lipinski definition) is 0. The Balaban J connectivity index is 1.05. The number of aromatic nitrogens is 2. The Morgan fingerprint density at radius 1 is 0.302 bits per heavy atom. The lowest BCUT2D eigenvalue weighted by atomic mass is 9.92. The van der Waals surface area contributed by atoms with Gasteiger partial charge in [0.15, 0.2) is 5.82 Å². The molecular formula is C50H32N2O. The maximum Gasteiger partial charge on any atom is 0.160 e. The van der Waals surface area contributed by atoms with Crippen LogP contribution >= 0.6 is 0 Å². The van der Waals surface area contributed by atoms with Crippen molar-refractivity contribution < 1.29 is 4.42 Å². The molecule has 53 heavy (non-hydrogen) atoms. The van der Waals surface area contributed by atoms with Gasteiger partial charge in [0.2, 0.25) is 0 Å². The molecule has 0 atom stereocenters. The summed E-state index contributed by atoms with van der Waals surface area (Å²) in [6.07, 6.45) is 0. The van der Waals surface area contributed by atoms with Gasteiger partial charge in [0.25, 0.3) is 0 Å². The third-order valence-corrected chi connectivity index (χ3v) is 10.1. The summed E-state index contributed by atoms with van der Waals surface area (Å²) in [6.45, 7) is 0. The highest BCUT2D eigenvalue weighted by Gasteiger charge is 2.16. The second kappa shape index (κ2) is 12.9. The zero-order valence-electron chi connectivity index (χ0n) is 28.8. The molecule has 10 aromatic rings. The summed E-state index contributed by atoms with van der Waals surface area (Å²) in [7, 11) is 0. The van der Waals surface area contributed by atoms with Crippen LogP contribution in [0.25, 0.3) is 100.0 Å². The highest BCUT2D eigenvalue weighted by molar-refractivity contribution is 6.19. The molecule has 8 aromatic carbocycles. The number of benzene rings is 8. The Kier molecular flexibility index (Phi) is 7.47. The SMILES string of the molecule is c1ccc(-c2ccc3oc4c5ccccc5c(-c5cccc(-c6ccc(-c7cc(-c8ccccc8)nc(-c8ccccc8)n7)cc6)c5)cc4c3c2)cc1. The Labute approximate surface area is 307 Å². The van der Waals surface area contributed by atoms with E-state index in [2.05, 4.69) is 158 Å². The van der Waals surface area contributed by atoms with Crippen molar-refractivity contribution in [2.75, 3.05) is 0 Å². The first kappa shape index (κ1) is 30.7. The van der Waals surface area contributed by atoms with E-state index in [4.69, 9.17) is 14.4 Å². The van der Waals surface area contributed by atoms with Gasteiger partial charge in [-0.25, -0.2) is 9.97 Å². The predicted octanol–water partition coefficient (Wildman–Crippen LogP) is 13.5. The predicted molar refractivity (Wildman–Crippen MR) is 219 cm³/mol. The van der Waals surface area contributed by atoms with Gasteiger partial charge in [0, 0.05) is 32.8 Å². The molecule has 0 amide bonds. The molecule has 0 unspecified atom stereocenters. The molecule has 0 aliphatic heterocycles. The monoisotopic (exact) mass is 676 g/mol. The standard InChI is InChI=1S/C50H32N2O/c1-4-13-33(14-5-1)39-27-28-48-44(30-39)45-31-43(41-21-10-11-22-42(41)49(45)53-48)40-20-12-19-38(29-40)34-23-25-36(26-24-34)47-32-46(35-15-6-2-7-16-35)51-50(52-47)37-17-8-3-9-18-37/h1-32H. The third kappa shape index (κ3) is 5.65. The molecule has 248 valence electrons. The number of nitrogens with zero attached hydrogens (tertiary/aromatic N) is 2. The van der Waals surface area contributed by atoms with Gasteiger partial charge in [-0.15, -0.1) is 0 Å². The van der Waals surface area contributed by atoms with Gasteiger partial charge in [-0.05, 0) is 69.1 Å². The van der Waals surface area contributed by atoms with Crippen LogP contribution < -0.4 is 0 Å². The van der Waals surface area contributed by atoms with Crippen molar-refractivity contribution >= 4 is 32.7 Å². The van der Waals surface area contributed by atoms with Gasteiger partial charge in [0.05, 0.1) is 11.4 Å². The summed E-state index contributed by atoms with van der Waals surface area (Å²) in [5.41, 5.74) is 13.7. The summed E-state index contributed by atoms with van der Waals surface area (Å²) in [6, 6.07) is 68.0. The normalized spacial score (nSPS) is 11.4. The van der Waals surface area contributed by atoms with Crippen LogP contribution in [0.3, 0.4) is 0 Å². The summed E-state index contributed by atoms with van der Waals surface area (Å²) < 4.78 is 6.54. The Morgan fingerprint density at radius 3 is 1.53 bits per heavy atom. The molecule has 0 fully saturated rings. The fourth-order valence-corrected chi connectivity index (χ4v) is 7.42. The first-order chi connectivity index (χ1) is 26.2. The Hall–Kier alpha value is -7.10. The molecule has 3 nitrogen and oxygen atoms in total. The second-order valence-electron chi connectivity index (χ2n) is 13.4. The molecule has 2 aromatic heterocycles. The van der Waals surface area contributed by atoms with E-state index in [1.807, 2.05) is 36.4 Å². The van der Waals surface area contributed by atoms with Crippen LogP contribution in [0.5, 0.6) is 0 Å². The van der Waals surface area contributed by atoms with E-state index in [1.54, 1.807) is 0 Å². The second-order valence-corrected chi connectivity index (χ2v) is 13.4. The molecule has 0 saturated carbocycles. The number of fused-ring (bicyclic) bond motifs is 5. The third-order valence-electron chi connectivity index (χ3n) is 10.1. The van der Waals surface area contributed by atoms with Crippen molar-refractivity contribution in [3.63, 3.8) is 0 Å². The molecule has 0 radical (unpaired) electrons. The summed E-state index contributed by atoms with van der Waals surface area (Å²) >= 11 is 0. The first-order valence-corrected chi connectivity index (χ1v) is 17.9. The summed E-state index contributed by atoms with van der Waals surface area (Å²) in [5.74, 6) is 0.713. The van der Waals surface area contributed by atoms with E-state index < -0.39 is 0 Å². The molecule has 2 heterocycles. The maximum atomic E-state index is 6.54. The molecule has 0 N–H and O–H groups in total. The van der Waals surface area contributed by atoms with Crippen LogP contribution in [0.1, 0.15) is 0 Å².